The number of hydrogen-bond donors (Lipinski definition) is 0. The first-order valence-corrected chi connectivity index (χ1v) is 7.75. The van der Waals surface area contributed by atoms with E-state index in [4.69, 9.17) is 0 Å². The van der Waals surface area contributed by atoms with Crippen LogP contribution in [0.4, 0.5) is 5.69 Å². The highest BCUT2D eigenvalue weighted by Crippen LogP contribution is 2.21. The van der Waals surface area contributed by atoms with Crippen molar-refractivity contribution in [2.45, 2.75) is 19.8 Å². The molecule has 1 aromatic rings. The average molecular weight is 289 g/mol. The SMILES string of the molecule is CC(C)c1ccc(N2CCN(CC(=O)N(C)C)CC2)cc1. The van der Waals surface area contributed by atoms with E-state index < -0.39 is 0 Å². The third kappa shape index (κ3) is 4.21. The van der Waals surface area contributed by atoms with Crippen LogP contribution in [0.3, 0.4) is 0 Å². The van der Waals surface area contributed by atoms with Gasteiger partial charge in [-0.15, -0.1) is 0 Å². The fourth-order valence-electron chi connectivity index (χ4n) is 2.57. The predicted octanol–water partition coefficient (Wildman–Crippen LogP) is 2.02. The summed E-state index contributed by atoms with van der Waals surface area (Å²) in [5, 5.41) is 0. The number of amides is 1. The molecule has 4 nitrogen and oxygen atoms in total. The standard InChI is InChI=1S/C17H27N3O/c1-14(2)15-5-7-16(8-6-15)20-11-9-19(10-12-20)13-17(21)18(3)4/h5-8,14H,9-13H2,1-4H3. The van der Waals surface area contributed by atoms with Gasteiger partial charge in [0, 0.05) is 46.0 Å². The van der Waals surface area contributed by atoms with Gasteiger partial charge in [0.15, 0.2) is 0 Å². The summed E-state index contributed by atoms with van der Waals surface area (Å²) >= 11 is 0. The van der Waals surface area contributed by atoms with Gasteiger partial charge in [-0.3, -0.25) is 9.69 Å². The van der Waals surface area contributed by atoms with Crippen molar-refractivity contribution in [1.82, 2.24) is 9.80 Å². The van der Waals surface area contributed by atoms with Gasteiger partial charge in [0.2, 0.25) is 5.91 Å². The first-order valence-electron chi connectivity index (χ1n) is 7.75. The molecule has 1 heterocycles. The van der Waals surface area contributed by atoms with Gasteiger partial charge in [-0.1, -0.05) is 26.0 Å². The number of rotatable bonds is 4. The summed E-state index contributed by atoms with van der Waals surface area (Å²) in [7, 11) is 3.63. The lowest BCUT2D eigenvalue weighted by molar-refractivity contribution is -0.129. The minimum absolute atomic E-state index is 0.185. The molecule has 0 saturated carbocycles. The van der Waals surface area contributed by atoms with Crippen molar-refractivity contribution in [2.75, 3.05) is 51.7 Å². The van der Waals surface area contributed by atoms with Gasteiger partial charge in [-0.05, 0) is 23.6 Å². The molecule has 4 heteroatoms. The van der Waals surface area contributed by atoms with Crippen molar-refractivity contribution in [3.05, 3.63) is 29.8 Å². The van der Waals surface area contributed by atoms with Crippen LogP contribution in [0.1, 0.15) is 25.3 Å². The number of benzene rings is 1. The smallest absolute Gasteiger partial charge is 0.236 e. The molecule has 1 aliphatic heterocycles. The Morgan fingerprint density at radius 1 is 1.10 bits per heavy atom. The van der Waals surface area contributed by atoms with Crippen LogP contribution in [-0.4, -0.2) is 62.5 Å². The first kappa shape index (κ1) is 15.8. The highest BCUT2D eigenvalue weighted by atomic mass is 16.2. The van der Waals surface area contributed by atoms with Crippen molar-refractivity contribution in [3.63, 3.8) is 0 Å². The van der Waals surface area contributed by atoms with Gasteiger partial charge in [0.05, 0.1) is 6.54 Å². The Bertz CT molecular complexity index is 459. The van der Waals surface area contributed by atoms with Gasteiger partial charge >= 0.3 is 0 Å². The zero-order valence-corrected chi connectivity index (χ0v) is 13.7. The minimum atomic E-state index is 0.185. The normalized spacial score (nSPS) is 16.3. The molecular formula is C17H27N3O. The highest BCUT2D eigenvalue weighted by Gasteiger charge is 2.19. The van der Waals surface area contributed by atoms with E-state index in [0.717, 1.165) is 26.2 Å². The quantitative estimate of drug-likeness (QED) is 0.848. The summed E-state index contributed by atoms with van der Waals surface area (Å²) in [5.74, 6) is 0.762. The topological polar surface area (TPSA) is 26.8 Å². The lowest BCUT2D eigenvalue weighted by atomic mass is 10.0. The van der Waals surface area contributed by atoms with Gasteiger partial charge in [-0.2, -0.15) is 0 Å². The van der Waals surface area contributed by atoms with E-state index in [-0.39, 0.29) is 5.91 Å². The number of piperazine rings is 1. The monoisotopic (exact) mass is 289 g/mol. The zero-order chi connectivity index (χ0) is 15.4. The Morgan fingerprint density at radius 2 is 1.67 bits per heavy atom. The maximum atomic E-state index is 11.7. The van der Waals surface area contributed by atoms with Crippen LogP contribution in [0, 0.1) is 0 Å². The molecule has 0 atom stereocenters. The van der Waals surface area contributed by atoms with Crippen molar-refractivity contribution in [1.29, 1.82) is 0 Å². The van der Waals surface area contributed by atoms with E-state index in [9.17, 15) is 4.79 Å². The second-order valence-electron chi connectivity index (χ2n) is 6.30. The summed E-state index contributed by atoms with van der Waals surface area (Å²) in [6.07, 6.45) is 0. The van der Waals surface area contributed by atoms with Crippen molar-refractivity contribution >= 4 is 11.6 Å². The Labute approximate surface area is 128 Å². The average Bonchev–Trinajstić information content (AvgIpc) is 2.48. The van der Waals surface area contributed by atoms with Crippen molar-refractivity contribution < 1.29 is 4.79 Å². The maximum Gasteiger partial charge on any atom is 0.236 e. The molecule has 0 bridgehead atoms. The molecule has 0 unspecified atom stereocenters. The number of anilines is 1. The molecule has 0 radical (unpaired) electrons. The van der Waals surface area contributed by atoms with Crippen LogP contribution in [0.2, 0.25) is 0 Å². The third-order valence-electron chi connectivity index (χ3n) is 4.15. The van der Waals surface area contributed by atoms with Crippen LogP contribution < -0.4 is 4.90 Å². The van der Waals surface area contributed by atoms with E-state index in [1.54, 1.807) is 4.90 Å². The molecule has 0 aromatic heterocycles. The molecule has 1 aliphatic rings. The summed E-state index contributed by atoms with van der Waals surface area (Å²) < 4.78 is 0. The number of nitrogens with zero attached hydrogens (tertiary/aromatic N) is 3. The third-order valence-corrected chi connectivity index (χ3v) is 4.15. The molecule has 2 rings (SSSR count). The van der Waals surface area contributed by atoms with Gasteiger partial charge in [0.1, 0.15) is 0 Å². The molecule has 1 amide bonds. The Kier molecular flexibility index (Phi) is 5.23. The van der Waals surface area contributed by atoms with Crippen LogP contribution in [0.15, 0.2) is 24.3 Å². The summed E-state index contributed by atoms with van der Waals surface area (Å²) in [6.45, 7) is 8.85. The molecule has 1 aromatic carbocycles. The van der Waals surface area contributed by atoms with Gasteiger partial charge < -0.3 is 9.80 Å². The Hall–Kier alpha value is -1.55. The van der Waals surface area contributed by atoms with Crippen LogP contribution in [-0.2, 0) is 4.79 Å². The van der Waals surface area contributed by atoms with E-state index >= 15 is 0 Å². The van der Waals surface area contributed by atoms with E-state index in [1.807, 2.05) is 14.1 Å². The van der Waals surface area contributed by atoms with Crippen LogP contribution in [0.5, 0.6) is 0 Å². The minimum Gasteiger partial charge on any atom is -0.369 e. The van der Waals surface area contributed by atoms with E-state index in [0.29, 0.717) is 12.5 Å². The number of hydrogen-bond acceptors (Lipinski definition) is 3. The van der Waals surface area contributed by atoms with Crippen LogP contribution >= 0.6 is 0 Å². The second kappa shape index (κ2) is 6.94. The lowest BCUT2D eigenvalue weighted by Crippen LogP contribution is -2.49. The van der Waals surface area contributed by atoms with E-state index in [2.05, 4.69) is 47.9 Å². The van der Waals surface area contributed by atoms with E-state index in [1.165, 1.54) is 11.3 Å². The largest absolute Gasteiger partial charge is 0.369 e. The summed E-state index contributed by atoms with van der Waals surface area (Å²) in [5.41, 5.74) is 2.67. The highest BCUT2D eigenvalue weighted by molar-refractivity contribution is 5.77. The maximum absolute atomic E-state index is 11.7. The Morgan fingerprint density at radius 3 is 2.14 bits per heavy atom. The van der Waals surface area contributed by atoms with Crippen molar-refractivity contribution in [2.24, 2.45) is 0 Å². The second-order valence-corrected chi connectivity index (χ2v) is 6.30. The Balaban J connectivity index is 1.87. The molecular weight excluding hydrogens is 262 g/mol. The van der Waals surface area contributed by atoms with Crippen LogP contribution in [0.25, 0.3) is 0 Å². The fourth-order valence-corrected chi connectivity index (χ4v) is 2.57. The van der Waals surface area contributed by atoms with Crippen molar-refractivity contribution in [3.8, 4) is 0 Å². The molecule has 1 saturated heterocycles. The number of carbonyl (C=O) groups excluding carboxylic acids is 1. The predicted molar refractivity (Wildman–Crippen MR) is 87.9 cm³/mol. The summed E-state index contributed by atoms with van der Waals surface area (Å²) in [6, 6.07) is 8.88. The first-order chi connectivity index (χ1) is 9.97. The molecule has 21 heavy (non-hydrogen) atoms. The number of likely N-dealkylation sites (N-methyl/N-ethyl adjacent to an activating group) is 1. The van der Waals surface area contributed by atoms with Gasteiger partial charge in [-0.25, -0.2) is 0 Å². The molecule has 116 valence electrons. The fraction of sp³-hybridized carbons (Fsp3) is 0.588. The molecule has 0 aliphatic carbocycles. The zero-order valence-electron chi connectivity index (χ0n) is 13.7. The molecule has 0 N–H and O–H groups in total. The lowest BCUT2D eigenvalue weighted by Gasteiger charge is -2.36. The summed E-state index contributed by atoms with van der Waals surface area (Å²) in [4.78, 5) is 18.0. The molecule has 1 fully saturated rings. The molecule has 0 spiro atoms. The number of carbonyl (C=O) groups is 1. The van der Waals surface area contributed by atoms with Gasteiger partial charge in [0.25, 0.3) is 0 Å².